The van der Waals surface area contributed by atoms with E-state index in [0.29, 0.717) is 31.3 Å². The molecule has 2 aromatic carbocycles. The first kappa shape index (κ1) is 20.6. The molecule has 2 heterocycles. The van der Waals surface area contributed by atoms with Crippen LogP contribution < -0.4 is 0 Å². The van der Waals surface area contributed by atoms with E-state index in [0.717, 1.165) is 23.4 Å². The van der Waals surface area contributed by atoms with Gasteiger partial charge in [-0.1, -0.05) is 12.1 Å². The Morgan fingerprint density at radius 2 is 1.80 bits per heavy atom. The molecule has 30 heavy (non-hydrogen) atoms. The summed E-state index contributed by atoms with van der Waals surface area (Å²) in [5.74, 6) is -2.07. The maximum atomic E-state index is 13.7. The van der Waals surface area contributed by atoms with Crippen LogP contribution >= 0.6 is 0 Å². The van der Waals surface area contributed by atoms with Gasteiger partial charge in [-0.2, -0.15) is 4.31 Å². The summed E-state index contributed by atoms with van der Waals surface area (Å²) in [6, 6.07) is 8.14. The first-order chi connectivity index (χ1) is 14.3. The number of nitrogens with zero attached hydrogens (tertiary/aromatic N) is 3. The van der Waals surface area contributed by atoms with Crippen molar-refractivity contribution in [2.24, 2.45) is 0 Å². The van der Waals surface area contributed by atoms with Crippen LogP contribution in [0.2, 0.25) is 0 Å². The zero-order valence-electron chi connectivity index (χ0n) is 16.2. The first-order valence-electron chi connectivity index (χ1n) is 9.51. The number of halogens is 3. The predicted molar refractivity (Wildman–Crippen MR) is 105 cm³/mol. The highest BCUT2D eigenvalue weighted by Gasteiger charge is 2.39. The van der Waals surface area contributed by atoms with Gasteiger partial charge in [0.2, 0.25) is 10.0 Å². The summed E-state index contributed by atoms with van der Waals surface area (Å²) < 4.78 is 69.7. The number of rotatable bonds is 5. The van der Waals surface area contributed by atoms with Crippen molar-refractivity contribution < 1.29 is 21.6 Å². The smallest absolute Gasteiger partial charge is 0.243 e. The van der Waals surface area contributed by atoms with Crippen molar-refractivity contribution in [3.63, 3.8) is 0 Å². The third kappa shape index (κ3) is 3.75. The second-order valence-corrected chi connectivity index (χ2v) is 9.21. The minimum Gasteiger partial charge on any atom is -0.327 e. The molecule has 158 valence electrons. The molecule has 0 bridgehead atoms. The maximum Gasteiger partial charge on any atom is 0.243 e. The minimum atomic E-state index is -4.04. The van der Waals surface area contributed by atoms with E-state index in [9.17, 15) is 21.6 Å². The maximum absolute atomic E-state index is 13.7. The summed E-state index contributed by atoms with van der Waals surface area (Å²) in [5.41, 5.74) is 1.69. The van der Waals surface area contributed by atoms with E-state index in [1.54, 1.807) is 18.3 Å². The molecule has 9 heteroatoms. The Morgan fingerprint density at radius 1 is 1.07 bits per heavy atom. The molecule has 1 aromatic heterocycles. The second kappa shape index (κ2) is 7.88. The molecule has 4 rings (SSSR count). The van der Waals surface area contributed by atoms with Crippen LogP contribution in [0.4, 0.5) is 13.2 Å². The molecule has 1 atom stereocenters. The number of sulfonamides is 1. The van der Waals surface area contributed by atoms with Crippen molar-refractivity contribution in [1.29, 1.82) is 0 Å². The Labute approximate surface area is 172 Å². The minimum absolute atomic E-state index is 0.258. The van der Waals surface area contributed by atoms with E-state index >= 15 is 0 Å². The SMILES string of the molecule is Cc1cnc(C2CCCN2S(=O)(=O)c2ccc(F)c(F)c2)n1Cc1ccc(F)cc1. The summed E-state index contributed by atoms with van der Waals surface area (Å²) in [6.45, 7) is 2.54. The van der Waals surface area contributed by atoms with E-state index in [1.807, 2.05) is 11.5 Å². The molecule has 3 aromatic rings. The van der Waals surface area contributed by atoms with Crippen molar-refractivity contribution in [2.75, 3.05) is 6.54 Å². The lowest BCUT2D eigenvalue weighted by atomic mass is 10.2. The number of imidazole rings is 1. The fraction of sp³-hybridized carbons (Fsp3) is 0.286. The van der Waals surface area contributed by atoms with Gasteiger partial charge in [0.25, 0.3) is 0 Å². The summed E-state index contributed by atoms with van der Waals surface area (Å²) in [5, 5.41) is 0. The number of aryl methyl sites for hydroxylation is 1. The van der Waals surface area contributed by atoms with Crippen molar-refractivity contribution in [3.05, 3.63) is 83.2 Å². The van der Waals surface area contributed by atoms with Gasteiger partial charge in [0.05, 0.1) is 10.9 Å². The molecular weight excluding hydrogens is 415 g/mol. The highest BCUT2D eigenvalue weighted by atomic mass is 32.2. The molecule has 1 saturated heterocycles. The monoisotopic (exact) mass is 435 g/mol. The zero-order chi connectivity index (χ0) is 21.5. The third-order valence-corrected chi connectivity index (χ3v) is 7.24. The van der Waals surface area contributed by atoms with Gasteiger partial charge in [0, 0.05) is 25.0 Å². The van der Waals surface area contributed by atoms with Crippen molar-refractivity contribution in [2.45, 2.75) is 37.2 Å². The highest BCUT2D eigenvalue weighted by Crippen LogP contribution is 2.36. The van der Waals surface area contributed by atoms with E-state index in [-0.39, 0.29) is 17.3 Å². The Bertz CT molecular complexity index is 1180. The van der Waals surface area contributed by atoms with Gasteiger partial charge in [0.15, 0.2) is 11.6 Å². The molecule has 0 radical (unpaired) electrons. The summed E-state index contributed by atoms with van der Waals surface area (Å²) in [7, 11) is -4.04. The molecule has 1 unspecified atom stereocenters. The fourth-order valence-electron chi connectivity index (χ4n) is 3.78. The van der Waals surface area contributed by atoms with Gasteiger partial charge in [-0.05, 0) is 55.7 Å². The molecule has 0 N–H and O–H groups in total. The number of hydrogen-bond acceptors (Lipinski definition) is 3. The standard InChI is InChI=1S/C21H20F3N3O2S/c1-14-12-25-21(26(14)13-15-4-6-16(22)7-5-15)20-3-2-10-27(20)30(28,29)17-8-9-18(23)19(24)11-17/h4-9,11-12,20H,2-3,10,13H2,1H3. The molecule has 1 fully saturated rings. The van der Waals surface area contributed by atoms with Crippen LogP contribution in [0.1, 0.15) is 36.0 Å². The summed E-state index contributed by atoms with van der Waals surface area (Å²) in [4.78, 5) is 4.16. The highest BCUT2D eigenvalue weighted by molar-refractivity contribution is 7.89. The predicted octanol–water partition coefficient (Wildman–Crippen LogP) is 4.18. The van der Waals surface area contributed by atoms with E-state index in [1.165, 1.54) is 16.4 Å². The largest absolute Gasteiger partial charge is 0.327 e. The Kier molecular flexibility index (Phi) is 5.42. The molecule has 1 aliphatic rings. The third-order valence-electron chi connectivity index (χ3n) is 5.34. The van der Waals surface area contributed by atoms with Gasteiger partial charge < -0.3 is 4.57 Å². The molecule has 5 nitrogen and oxygen atoms in total. The van der Waals surface area contributed by atoms with Gasteiger partial charge in [-0.15, -0.1) is 0 Å². The lowest BCUT2D eigenvalue weighted by Crippen LogP contribution is -2.32. The van der Waals surface area contributed by atoms with Crippen LogP contribution in [-0.4, -0.2) is 28.8 Å². The Morgan fingerprint density at radius 3 is 2.50 bits per heavy atom. The molecule has 0 saturated carbocycles. The van der Waals surface area contributed by atoms with Crippen LogP contribution in [0.3, 0.4) is 0 Å². The van der Waals surface area contributed by atoms with E-state index in [2.05, 4.69) is 4.98 Å². The first-order valence-corrected chi connectivity index (χ1v) is 10.9. The molecule has 0 spiro atoms. The van der Waals surface area contributed by atoms with Gasteiger partial charge in [-0.3, -0.25) is 0 Å². The van der Waals surface area contributed by atoms with Gasteiger partial charge in [-0.25, -0.2) is 26.6 Å². The van der Waals surface area contributed by atoms with Gasteiger partial charge >= 0.3 is 0 Å². The Balaban J connectivity index is 1.68. The van der Waals surface area contributed by atoms with E-state index < -0.39 is 27.7 Å². The lowest BCUT2D eigenvalue weighted by Gasteiger charge is -2.25. The van der Waals surface area contributed by atoms with Crippen molar-refractivity contribution in [1.82, 2.24) is 13.9 Å². The number of benzene rings is 2. The van der Waals surface area contributed by atoms with Crippen molar-refractivity contribution >= 4 is 10.0 Å². The lowest BCUT2D eigenvalue weighted by molar-refractivity contribution is 0.373. The summed E-state index contributed by atoms with van der Waals surface area (Å²) in [6.07, 6.45) is 2.85. The van der Waals surface area contributed by atoms with Crippen LogP contribution in [0, 0.1) is 24.4 Å². The number of hydrogen-bond donors (Lipinski definition) is 0. The molecule has 0 aliphatic carbocycles. The second-order valence-electron chi connectivity index (χ2n) is 7.32. The molecular formula is C21H20F3N3O2S. The average Bonchev–Trinajstić information content (AvgIpc) is 3.33. The topological polar surface area (TPSA) is 55.2 Å². The average molecular weight is 435 g/mol. The molecule has 0 amide bonds. The fourth-order valence-corrected chi connectivity index (χ4v) is 5.45. The Hall–Kier alpha value is -2.65. The van der Waals surface area contributed by atoms with E-state index in [4.69, 9.17) is 0 Å². The van der Waals surface area contributed by atoms with Crippen LogP contribution in [0.25, 0.3) is 0 Å². The molecule has 1 aliphatic heterocycles. The van der Waals surface area contributed by atoms with Crippen LogP contribution in [-0.2, 0) is 16.6 Å². The zero-order valence-corrected chi connectivity index (χ0v) is 17.0. The normalized spacial score (nSPS) is 17.5. The quantitative estimate of drug-likeness (QED) is 0.604. The van der Waals surface area contributed by atoms with Crippen molar-refractivity contribution in [3.8, 4) is 0 Å². The van der Waals surface area contributed by atoms with Crippen LogP contribution in [0.5, 0.6) is 0 Å². The van der Waals surface area contributed by atoms with Crippen LogP contribution in [0.15, 0.2) is 53.6 Å². The number of aromatic nitrogens is 2. The van der Waals surface area contributed by atoms with Gasteiger partial charge in [0.1, 0.15) is 11.6 Å². The summed E-state index contributed by atoms with van der Waals surface area (Å²) >= 11 is 0.